The van der Waals surface area contributed by atoms with Crippen LogP contribution < -0.4 is 15.2 Å². The Morgan fingerprint density at radius 2 is 1.71 bits per heavy atom. The number of methoxy groups -OCH3 is 2. The Hall–Kier alpha value is -1.87. The van der Waals surface area contributed by atoms with E-state index in [1.54, 1.807) is 0 Å². The van der Waals surface area contributed by atoms with Crippen LogP contribution in [-0.4, -0.2) is 46.6 Å². The van der Waals surface area contributed by atoms with Crippen LogP contribution in [-0.2, 0) is 10.0 Å². The van der Waals surface area contributed by atoms with Crippen molar-refractivity contribution >= 4 is 22.4 Å². The normalized spacial score (nSPS) is 19.9. The molecular weight excluding hydrogens is 407 g/mol. The van der Waals surface area contributed by atoms with Crippen LogP contribution in [0.5, 0.6) is 11.5 Å². The summed E-state index contributed by atoms with van der Waals surface area (Å²) in [6, 6.07) is 11.8. The molecule has 2 N–H and O–H groups in total. The van der Waals surface area contributed by atoms with E-state index in [1.165, 1.54) is 18.5 Å². The van der Waals surface area contributed by atoms with Gasteiger partial charge in [0.25, 0.3) is 0 Å². The van der Waals surface area contributed by atoms with Gasteiger partial charge in [-0.05, 0) is 18.0 Å². The fourth-order valence-corrected chi connectivity index (χ4v) is 5.10. The van der Waals surface area contributed by atoms with E-state index in [4.69, 9.17) is 15.2 Å². The molecule has 1 heterocycles. The van der Waals surface area contributed by atoms with E-state index in [9.17, 15) is 12.8 Å². The van der Waals surface area contributed by atoms with Gasteiger partial charge in [-0.25, -0.2) is 12.8 Å². The molecule has 2 aromatic carbocycles. The Balaban J connectivity index is 0.00000280. The molecule has 1 aliphatic heterocycles. The van der Waals surface area contributed by atoms with Gasteiger partial charge in [-0.1, -0.05) is 30.3 Å². The lowest BCUT2D eigenvalue weighted by Crippen LogP contribution is -2.30. The zero-order valence-electron chi connectivity index (χ0n) is 15.7. The predicted octanol–water partition coefficient (Wildman–Crippen LogP) is 2.63. The lowest BCUT2D eigenvalue weighted by atomic mass is 9.89. The maximum Gasteiger partial charge on any atom is 0.246 e. The molecule has 0 aromatic heterocycles. The molecule has 0 aliphatic carbocycles. The van der Waals surface area contributed by atoms with E-state index >= 15 is 0 Å². The number of benzene rings is 2. The van der Waals surface area contributed by atoms with E-state index in [-0.39, 0.29) is 48.8 Å². The highest BCUT2D eigenvalue weighted by molar-refractivity contribution is 7.89. The van der Waals surface area contributed by atoms with Crippen molar-refractivity contribution in [2.45, 2.75) is 10.8 Å². The minimum absolute atomic E-state index is 0. The highest BCUT2D eigenvalue weighted by Gasteiger charge is 2.40. The van der Waals surface area contributed by atoms with E-state index in [0.717, 1.165) is 17.7 Å². The Kier molecular flexibility index (Phi) is 7.28. The largest absolute Gasteiger partial charge is 0.493 e. The van der Waals surface area contributed by atoms with Crippen LogP contribution in [0.2, 0.25) is 0 Å². The van der Waals surface area contributed by atoms with Crippen molar-refractivity contribution in [3.8, 4) is 11.5 Å². The maximum atomic E-state index is 14.5. The summed E-state index contributed by atoms with van der Waals surface area (Å²) in [5.74, 6) is -0.649. The van der Waals surface area contributed by atoms with Crippen molar-refractivity contribution in [2.24, 2.45) is 11.7 Å². The lowest BCUT2D eigenvalue weighted by molar-refractivity contribution is 0.349. The quantitative estimate of drug-likeness (QED) is 0.761. The van der Waals surface area contributed by atoms with Crippen molar-refractivity contribution in [2.75, 3.05) is 33.9 Å². The average molecular weight is 431 g/mol. The van der Waals surface area contributed by atoms with Crippen molar-refractivity contribution in [3.63, 3.8) is 0 Å². The molecule has 0 bridgehead atoms. The molecule has 2 aromatic rings. The van der Waals surface area contributed by atoms with Crippen LogP contribution in [0.25, 0.3) is 0 Å². The first-order chi connectivity index (χ1) is 12.9. The number of hydrogen-bond donors (Lipinski definition) is 1. The third kappa shape index (κ3) is 4.10. The Labute approximate surface area is 170 Å². The minimum Gasteiger partial charge on any atom is -0.493 e. The second-order valence-corrected chi connectivity index (χ2v) is 8.38. The van der Waals surface area contributed by atoms with Gasteiger partial charge in [-0.15, -0.1) is 12.4 Å². The Morgan fingerprint density at radius 1 is 1.11 bits per heavy atom. The molecular formula is C19H24ClFN2O4S. The fraction of sp³-hybridized carbons (Fsp3) is 0.368. The molecule has 6 nitrogen and oxygen atoms in total. The van der Waals surface area contributed by atoms with Gasteiger partial charge >= 0.3 is 0 Å². The number of nitrogens with two attached hydrogens (primary N) is 1. The van der Waals surface area contributed by atoms with Gasteiger partial charge in [-0.2, -0.15) is 4.31 Å². The molecule has 2 atom stereocenters. The molecule has 9 heteroatoms. The summed E-state index contributed by atoms with van der Waals surface area (Å²) < 4.78 is 52.2. The Bertz CT molecular complexity index is 912. The molecule has 0 amide bonds. The molecule has 28 heavy (non-hydrogen) atoms. The number of nitrogens with zero attached hydrogens (tertiary/aromatic N) is 1. The second kappa shape index (κ2) is 9.09. The molecule has 0 unspecified atom stereocenters. The summed E-state index contributed by atoms with van der Waals surface area (Å²) in [6.07, 6.45) is 0. The second-order valence-electron chi connectivity index (χ2n) is 6.47. The highest BCUT2D eigenvalue weighted by Crippen LogP contribution is 2.38. The van der Waals surface area contributed by atoms with Crippen LogP contribution in [0.4, 0.5) is 4.39 Å². The molecule has 0 radical (unpaired) electrons. The smallest absolute Gasteiger partial charge is 0.246 e. The molecule has 0 saturated carbocycles. The van der Waals surface area contributed by atoms with Crippen LogP contribution >= 0.6 is 12.4 Å². The third-order valence-electron chi connectivity index (χ3n) is 4.99. The van der Waals surface area contributed by atoms with Gasteiger partial charge in [0.05, 0.1) is 14.2 Å². The molecule has 0 spiro atoms. The van der Waals surface area contributed by atoms with Crippen molar-refractivity contribution in [1.82, 2.24) is 4.31 Å². The number of hydrogen-bond acceptors (Lipinski definition) is 5. The zero-order chi connectivity index (χ0) is 19.6. The van der Waals surface area contributed by atoms with Crippen LogP contribution in [0, 0.1) is 11.7 Å². The summed E-state index contributed by atoms with van der Waals surface area (Å²) in [4.78, 5) is -0.426. The minimum atomic E-state index is -4.04. The molecule has 3 rings (SSSR count). The van der Waals surface area contributed by atoms with E-state index in [1.807, 2.05) is 30.3 Å². The van der Waals surface area contributed by atoms with Gasteiger partial charge in [-0.3, -0.25) is 0 Å². The highest BCUT2D eigenvalue weighted by atomic mass is 35.5. The van der Waals surface area contributed by atoms with Crippen LogP contribution in [0.1, 0.15) is 11.5 Å². The van der Waals surface area contributed by atoms with Gasteiger partial charge in [0.15, 0.2) is 11.5 Å². The summed E-state index contributed by atoms with van der Waals surface area (Å²) in [5, 5.41) is 0. The predicted molar refractivity (Wildman–Crippen MR) is 107 cm³/mol. The van der Waals surface area contributed by atoms with Gasteiger partial charge in [0, 0.05) is 31.1 Å². The summed E-state index contributed by atoms with van der Waals surface area (Å²) in [6.45, 7) is 0.841. The topological polar surface area (TPSA) is 81.9 Å². The first-order valence-corrected chi connectivity index (χ1v) is 10.0. The maximum absolute atomic E-state index is 14.5. The standard InChI is InChI=1S/C19H23FN2O4S.ClH/c1-25-17-8-16(20)19(9-18(17)26-2)27(23,24)22-11-14(10-21)15(12-22)13-6-4-3-5-7-13;/h3-9,14-15H,10-12,21H2,1-2H3;1H/t14-,15+;/m1./s1. The summed E-state index contributed by atoms with van der Waals surface area (Å²) in [7, 11) is -1.31. The third-order valence-corrected chi connectivity index (χ3v) is 6.84. The van der Waals surface area contributed by atoms with E-state index in [0.29, 0.717) is 6.54 Å². The SMILES string of the molecule is COc1cc(F)c(S(=O)(=O)N2C[C@@H](CN)[C@H](c3ccccc3)C2)cc1OC.Cl. The van der Waals surface area contributed by atoms with Crippen LogP contribution in [0.15, 0.2) is 47.4 Å². The van der Waals surface area contributed by atoms with Crippen molar-refractivity contribution in [3.05, 3.63) is 53.8 Å². The van der Waals surface area contributed by atoms with Gasteiger partial charge < -0.3 is 15.2 Å². The number of halogens is 2. The average Bonchev–Trinajstić information content (AvgIpc) is 3.13. The van der Waals surface area contributed by atoms with Crippen LogP contribution in [0.3, 0.4) is 0 Å². The van der Waals surface area contributed by atoms with E-state index in [2.05, 4.69) is 0 Å². The first kappa shape index (κ1) is 22.4. The number of sulfonamides is 1. The Morgan fingerprint density at radius 3 is 2.29 bits per heavy atom. The molecule has 1 fully saturated rings. The number of ether oxygens (including phenoxy) is 2. The zero-order valence-corrected chi connectivity index (χ0v) is 17.3. The molecule has 1 aliphatic rings. The lowest BCUT2D eigenvalue weighted by Gasteiger charge is -2.18. The molecule has 154 valence electrons. The number of rotatable bonds is 6. The van der Waals surface area contributed by atoms with Crippen molar-refractivity contribution < 1.29 is 22.3 Å². The van der Waals surface area contributed by atoms with Gasteiger partial charge in [0.2, 0.25) is 10.0 Å². The van der Waals surface area contributed by atoms with Gasteiger partial charge in [0.1, 0.15) is 10.7 Å². The first-order valence-electron chi connectivity index (χ1n) is 8.59. The summed E-state index contributed by atoms with van der Waals surface area (Å²) in [5.41, 5.74) is 6.91. The fourth-order valence-electron chi connectivity index (χ4n) is 3.52. The summed E-state index contributed by atoms with van der Waals surface area (Å²) >= 11 is 0. The monoisotopic (exact) mass is 430 g/mol. The molecule has 1 saturated heterocycles. The van der Waals surface area contributed by atoms with E-state index < -0.39 is 20.7 Å². The van der Waals surface area contributed by atoms with Crippen molar-refractivity contribution in [1.29, 1.82) is 0 Å².